The molecule has 1 saturated carbocycles. The first-order valence-electron chi connectivity index (χ1n) is 9.15. The van der Waals surface area contributed by atoms with Crippen molar-refractivity contribution in [3.05, 3.63) is 58.7 Å². The third-order valence-corrected chi connectivity index (χ3v) is 5.08. The van der Waals surface area contributed by atoms with Crippen LogP contribution in [0.25, 0.3) is 0 Å². The molecule has 1 fully saturated rings. The van der Waals surface area contributed by atoms with Crippen LogP contribution >= 0.6 is 0 Å². The molecule has 1 aliphatic carbocycles. The summed E-state index contributed by atoms with van der Waals surface area (Å²) >= 11 is 0. The van der Waals surface area contributed by atoms with E-state index >= 15 is 0 Å². The van der Waals surface area contributed by atoms with E-state index in [-0.39, 0.29) is 6.04 Å². The highest BCUT2D eigenvalue weighted by Crippen LogP contribution is 2.35. The standard InChI is InChI=1S/C22H30N2/c1-15-9-16(2)12-19(11-15)24(22-8-6-5-7-21(22)23)20-13-17(3)10-18(4)14-20/h9-14,21-22H,5-8,23H2,1-4H3/t21-,22-/m1/s1. The fourth-order valence-corrected chi connectivity index (χ4v) is 4.17. The van der Waals surface area contributed by atoms with Crippen LogP contribution < -0.4 is 10.6 Å². The number of anilines is 2. The van der Waals surface area contributed by atoms with Gasteiger partial charge in [-0.3, -0.25) is 0 Å². The van der Waals surface area contributed by atoms with Crippen molar-refractivity contribution in [2.24, 2.45) is 5.73 Å². The first-order valence-corrected chi connectivity index (χ1v) is 9.15. The van der Waals surface area contributed by atoms with Crippen LogP contribution in [0.1, 0.15) is 47.9 Å². The molecule has 0 radical (unpaired) electrons. The van der Waals surface area contributed by atoms with Crippen molar-refractivity contribution in [3.8, 4) is 0 Å². The van der Waals surface area contributed by atoms with E-state index in [1.54, 1.807) is 0 Å². The van der Waals surface area contributed by atoms with Gasteiger partial charge >= 0.3 is 0 Å². The first-order chi connectivity index (χ1) is 11.4. The van der Waals surface area contributed by atoms with Crippen molar-refractivity contribution in [2.75, 3.05) is 4.90 Å². The van der Waals surface area contributed by atoms with Gasteiger partial charge in [-0.05, 0) is 87.1 Å². The fraction of sp³-hybridized carbons (Fsp3) is 0.455. The molecule has 2 N–H and O–H groups in total. The Morgan fingerprint density at radius 3 is 1.54 bits per heavy atom. The summed E-state index contributed by atoms with van der Waals surface area (Å²) in [6, 6.07) is 14.3. The molecule has 0 heterocycles. The van der Waals surface area contributed by atoms with Crippen LogP contribution in [0.2, 0.25) is 0 Å². The molecule has 2 aromatic carbocycles. The summed E-state index contributed by atoms with van der Waals surface area (Å²) in [5.41, 5.74) is 14.4. The number of hydrogen-bond donors (Lipinski definition) is 1. The van der Waals surface area contributed by atoms with Crippen LogP contribution in [0.5, 0.6) is 0 Å². The van der Waals surface area contributed by atoms with Crippen LogP contribution in [0.4, 0.5) is 11.4 Å². The second kappa shape index (κ2) is 6.98. The van der Waals surface area contributed by atoms with Crippen molar-refractivity contribution in [1.29, 1.82) is 0 Å². The molecule has 3 rings (SSSR count). The highest BCUT2D eigenvalue weighted by atomic mass is 15.2. The average Bonchev–Trinajstić information content (AvgIpc) is 2.47. The van der Waals surface area contributed by atoms with Crippen molar-refractivity contribution in [3.63, 3.8) is 0 Å². The molecular weight excluding hydrogens is 292 g/mol. The third kappa shape index (κ3) is 3.64. The molecule has 24 heavy (non-hydrogen) atoms. The number of nitrogens with two attached hydrogens (primary N) is 1. The number of benzene rings is 2. The van der Waals surface area contributed by atoms with Crippen molar-refractivity contribution >= 4 is 11.4 Å². The molecule has 0 aromatic heterocycles. The summed E-state index contributed by atoms with van der Waals surface area (Å²) in [6.45, 7) is 8.71. The summed E-state index contributed by atoms with van der Waals surface area (Å²) in [5, 5.41) is 0. The predicted octanol–water partition coefficient (Wildman–Crippen LogP) is 5.33. The number of hydrogen-bond acceptors (Lipinski definition) is 2. The molecule has 0 amide bonds. The topological polar surface area (TPSA) is 29.3 Å². The van der Waals surface area contributed by atoms with Gasteiger partial charge in [-0.1, -0.05) is 25.0 Å². The van der Waals surface area contributed by atoms with E-state index in [2.05, 4.69) is 69.0 Å². The molecule has 0 spiro atoms. The maximum Gasteiger partial charge on any atom is 0.0493 e. The lowest BCUT2D eigenvalue weighted by Crippen LogP contribution is -2.47. The van der Waals surface area contributed by atoms with Crippen molar-refractivity contribution in [2.45, 2.75) is 65.5 Å². The van der Waals surface area contributed by atoms with Gasteiger partial charge in [0.25, 0.3) is 0 Å². The first kappa shape index (κ1) is 17.0. The van der Waals surface area contributed by atoms with Gasteiger partial charge in [0.2, 0.25) is 0 Å². The van der Waals surface area contributed by atoms with E-state index in [9.17, 15) is 0 Å². The summed E-state index contributed by atoms with van der Waals surface area (Å²) in [6.07, 6.45) is 4.81. The second-order valence-electron chi connectivity index (χ2n) is 7.58. The highest BCUT2D eigenvalue weighted by Gasteiger charge is 2.29. The van der Waals surface area contributed by atoms with Crippen LogP contribution in [-0.2, 0) is 0 Å². The average molecular weight is 322 g/mol. The molecule has 2 heteroatoms. The Labute approximate surface area is 146 Å². The molecule has 1 aliphatic rings. The summed E-state index contributed by atoms with van der Waals surface area (Å²) in [5.74, 6) is 0. The normalized spacial score (nSPS) is 20.9. The predicted molar refractivity (Wildman–Crippen MR) is 104 cm³/mol. The van der Waals surface area contributed by atoms with Crippen molar-refractivity contribution in [1.82, 2.24) is 0 Å². The van der Waals surface area contributed by atoms with E-state index in [0.717, 1.165) is 6.42 Å². The van der Waals surface area contributed by atoms with E-state index in [0.29, 0.717) is 6.04 Å². The highest BCUT2D eigenvalue weighted by molar-refractivity contribution is 5.67. The maximum absolute atomic E-state index is 6.57. The number of rotatable bonds is 3. The molecule has 128 valence electrons. The lowest BCUT2D eigenvalue weighted by Gasteiger charge is -2.40. The quantitative estimate of drug-likeness (QED) is 0.827. The molecule has 2 aromatic rings. The second-order valence-corrected chi connectivity index (χ2v) is 7.58. The fourth-order valence-electron chi connectivity index (χ4n) is 4.17. The van der Waals surface area contributed by atoms with Crippen molar-refractivity contribution < 1.29 is 0 Å². The molecule has 0 aliphatic heterocycles. The molecule has 2 atom stereocenters. The molecule has 0 saturated heterocycles. The van der Waals surface area contributed by atoms with Crippen LogP contribution in [0.3, 0.4) is 0 Å². The molecule has 0 bridgehead atoms. The Bertz CT molecular complexity index is 628. The Kier molecular flexibility index (Phi) is 4.96. The van der Waals surface area contributed by atoms with Gasteiger partial charge in [0.05, 0.1) is 0 Å². The Hall–Kier alpha value is -1.80. The van der Waals surface area contributed by atoms with Gasteiger partial charge in [0, 0.05) is 23.5 Å². The molecule has 2 nitrogen and oxygen atoms in total. The minimum atomic E-state index is 0.236. The number of aryl methyl sites for hydroxylation is 4. The lowest BCUT2D eigenvalue weighted by molar-refractivity contribution is 0.380. The van der Waals surface area contributed by atoms with E-state index in [1.165, 1.54) is 52.9 Å². The Morgan fingerprint density at radius 1 is 0.708 bits per heavy atom. The summed E-state index contributed by atoms with van der Waals surface area (Å²) in [4.78, 5) is 2.50. The van der Waals surface area contributed by atoms with Gasteiger partial charge in [0.1, 0.15) is 0 Å². The monoisotopic (exact) mass is 322 g/mol. The molecule has 0 unspecified atom stereocenters. The maximum atomic E-state index is 6.57. The lowest BCUT2D eigenvalue weighted by atomic mass is 9.88. The van der Waals surface area contributed by atoms with Gasteiger partial charge < -0.3 is 10.6 Å². The van der Waals surface area contributed by atoms with Gasteiger partial charge in [-0.2, -0.15) is 0 Å². The zero-order valence-electron chi connectivity index (χ0n) is 15.5. The largest absolute Gasteiger partial charge is 0.337 e. The van der Waals surface area contributed by atoms with Gasteiger partial charge in [-0.25, -0.2) is 0 Å². The van der Waals surface area contributed by atoms with Crippen LogP contribution in [0, 0.1) is 27.7 Å². The van der Waals surface area contributed by atoms with E-state index in [4.69, 9.17) is 5.73 Å². The van der Waals surface area contributed by atoms with E-state index in [1.807, 2.05) is 0 Å². The molecular formula is C22H30N2. The smallest absolute Gasteiger partial charge is 0.0493 e. The minimum absolute atomic E-state index is 0.236. The van der Waals surface area contributed by atoms with Crippen LogP contribution in [0.15, 0.2) is 36.4 Å². The Balaban J connectivity index is 2.12. The zero-order valence-corrected chi connectivity index (χ0v) is 15.5. The van der Waals surface area contributed by atoms with Gasteiger partial charge in [0.15, 0.2) is 0 Å². The third-order valence-electron chi connectivity index (χ3n) is 5.08. The Morgan fingerprint density at radius 2 is 1.12 bits per heavy atom. The van der Waals surface area contributed by atoms with Crippen LogP contribution in [-0.4, -0.2) is 12.1 Å². The zero-order chi connectivity index (χ0) is 17.3. The number of nitrogens with zero attached hydrogens (tertiary/aromatic N) is 1. The SMILES string of the molecule is Cc1cc(C)cc(N(c2cc(C)cc(C)c2)[C@@H]2CCCC[C@H]2N)c1. The van der Waals surface area contributed by atoms with E-state index < -0.39 is 0 Å². The summed E-state index contributed by atoms with van der Waals surface area (Å²) in [7, 11) is 0. The summed E-state index contributed by atoms with van der Waals surface area (Å²) < 4.78 is 0. The minimum Gasteiger partial charge on any atom is -0.337 e. The van der Waals surface area contributed by atoms with Gasteiger partial charge in [-0.15, -0.1) is 0 Å².